The normalized spacial score (nSPS) is 21.0. The molecule has 2 rings (SSSR count). The Morgan fingerprint density at radius 3 is 2.24 bits per heavy atom. The summed E-state index contributed by atoms with van der Waals surface area (Å²) < 4.78 is 41.6. The lowest BCUT2D eigenvalue weighted by atomic mass is 10.0. The van der Waals surface area contributed by atoms with E-state index in [2.05, 4.69) is 10.2 Å². The van der Waals surface area contributed by atoms with Gasteiger partial charge in [-0.05, 0) is 53.1 Å². The van der Waals surface area contributed by atoms with Crippen LogP contribution in [0.25, 0.3) is 0 Å². The minimum atomic E-state index is -4.25. The molecule has 0 saturated carbocycles. The number of nitrogens with zero attached hydrogens (tertiary/aromatic N) is 1. The Morgan fingerprint density at radius 1 is 1.21 bits per heavy atom. The van der Waals surface area contributed by atoms with E-state index >= 15 is 0 Å². The first-order chi connectivity index (χ1) is 13.3. The fourth-order valence-corrected chi connectivity index (χ4v) is 3.35. The Bertz CT molecular complexity index is 485. The molecule has 2 fully saturated rings. The first kappa shape index (κ1) is 30.0. The highest BCUT2D eigenvalue weighted by atomic mass is 19.4. The van der Waals surface area contributed by atoms with Crippen LogP contribution in [0.4, 0.5) is 13.2 Å². The Hall–Kier alpha value is -1.18. The number of Topliss-reactive ketones (excluding diaryl/α,β-unsaturated/α-hetero) is 1. The summed E-state index contributed by atoms with van der Waals surface area (Å²) in [6, 6.07) is 0.804. The molecule has 4 nitrogen and oxygen atoms in total. The topological polar surface area (TPSA) is 41.6 Å². The zero-order valence-corrected chi connectivity index (χ0v) is 17.9. The molecule has 2 heterocycles. The molecule has 0 aromatic rings. The second kappa shape index (κ2) is 16.6. The minimum Gasteiger partial charge on any atom is -0.381 e. The molecule has 0 aromatic heterocycles. The largest absolute Gasteiger partial charge is 0.416 e. The SMILES string of the molecule is C.C/C=C/C(=C\CNC)C(F)(F)F.CC.CC(=O)[C@@H]1CCCN1C1CCOCC1. The van der Waals surface area contributed by atoms with Gasteiger partial charge in [-0.25, -0.2) is 0 Å². The fraction of sp³-hybridized carbons (Fsp3) is 0.773. The van der Waals surface area contributed by atoms with Crippen molar-refractivity contribution >= 4 is 5.78 Å². The van der Waals surface area contributed by atoms with Crippen molar-refractivity contribution in [1.29, 1.82) is 0 Å². The quantitative estimate of drug-likeness (QED) is 0.622. The van der Waals surface area contributed by atoms with E-state index in [1.165, 1.54) is 12.5 Å². The third-order valence-electron chi connectivity index (χ3n) is 4.62. The van der Waals surface area contributed by atoms with Crippen molar-refractivity contribution in [2.24, 2.45) is 0 Å². The summed E-state index contributed by atoms with van der Waals surface area (Å²) in [7, 11) is 1.60. The van der Waals surface area contributed by atoms with E-state index < -0.39 is 11.7 Å². The van der Waals surface area contributed by atoms with Gasteiger partial charge in [0.15, 0.2) is 0 Å². The van der Waals surface area contributed by atoms with Gasteiger partial charge in [-0.2, -0.15) is 13.2 Å². The molecule has 172 valence electrons. The third-order valence-corrected chi connectivity index (χ3v) is 4.62. The molecule has 0 radical (unpaired) electrons. The van der Waals surface area contributed by atoms with Gasteiger partial charge >= 0.3 is 6.18 Å². The van der Waals surface area contributed by atoms with Crippen molar-refractivity contribution in [3.05, 3.63) is 23.8 Å². The van der Waals surface area contributed by atoms with Crippen molar-refractivity contribution in [2.75, 3.05) is 33.4 Å². The molecule has 0 spiro atoms. The lowest BCUT2D eigenvalue weighted by Gasteiger charge is -2.34. The van der Waals surface area contributed by atoms with Gasteiger partial charge in [0.25, 0.3) is 0 Å². The molecule has 0 amide bonds. The van der Waals surface area contributed by atoms with Gasteiger partial charge in [-0.3, -0.25) is 9.69 Å². The van der Waals surface area contributed by atoms with Gasteiger partial charge in [0, 0.05) is 25.8 Å². The standard InChI is InChI=1S/C11H19NO2.C8H12F3N.C2H6.CH4/c1-9(13)11-3-2-6-12(11)10-4-7-14-8-5-10;1-3-4-7(5-6-12-2)8(9,10)11;1-2;/h10-11H,2-8H2,1H3;3-5,12H,6H2,1-2H3;1-2H3;1H4/b;4-3+,7-5+;;/t11-;;;/m0.../s1. The first-order valence-corrected chi connectivity index (χ1v) is 10.2. The van der Waals surface area contributed by atoms with Gasteiger partial charge in [-0.1, -0.05) is 39.5 Å². The molecule has 2 aliphatic heterocycles. The van der Waals surface area contributed by atoms with Gasteiger partial charge < -0.3 is 10.1 Å². The van der Waals surface area contributed by atoms with E-state index in [-0.39, 0.29) is 20.0 Å². The van der Waals surface area contributed by atoms with Crippen LogP contribution < -0.4 is 5.32 Å². The highest BCUT2D eigenvalue weighted by Gasteiger charge is 2.34. The summed E-state index contributed by atoms with van der Waals surface area (Å²) in [4.78, 5) is 13.8. The number of nitrogens with one attached hydrogen (secondary N) is 1. The van der Waals surface area contributed by atoms with Crippen LogP contribution in [0.5, 0.6) is 0 Å². The van der Waals surface area contributed by atoms with Crippen LogP contribution in [-0.4, -0.2) is 62.3 Å². The number of hydrogen-bond acceptors (Lipinski definition) is 4. The lowest BCUT2D eigenvalue weighted by molar-refractivity contribution is -0.122. The number of carbonyl (C=O) groups excluding carboxylic acids is 1. The average molecular weight is 423 g/mol. The summed E-state index contributed by atoms with van der Waals surface area (Å²) in [5, 5.41) is 2.62. The van der Waals surface area contributed by atoms with E-state index in [4.69, 9.17) is 4.74 Å². The maximum absolute atomic E-state index is 12.1. The van der Waals surface area contributed by atoms with Crippen molar-refractivity contribution < 1.29 is 22.7 Å². The van der Waals surface area contributed by atoms with E-state index in [1.807, 2.05) is 13.8 Å². The van der Waals surface area contributed by atoms with Crippen molar-refractivity contribution in [3.63, 3.8) is 0 Å². The predicted molar refractivity (Wildman–Crippen MR) is 115 cm³/mol. The molecule has 1 N–H and O–H groups in total. The highest BCUT2D eigenvalue weighted by Crippen LogP contribution is 2.26. The maximum Gasteiger partial charge on any atom is 0.416 e. The summed E-state index contributed by atoms with van der Waals surface area (Å²) in [5.74, 6) is 0.342. The molecule has 29 heavy (non-hydrogen) atoms. The molecule has 2 saturated heterocycles. The Balaban J connectivity index is 0. The number of allylic oxidation sites excluding steroid dienone is 3. The van der Waals surface area contributed by atoms with Crippen LogP contribution in [-0.2, 0) is 9.53 Å². The first-order valence-electron chi connectivity index (χ1n) is 10.2. The van der Waals surface area contributed by atoms with Crippen LogP contribution in [0.3, 0.4) is 0 Å². The summed E-state index contributed by atoms with van der Waals surface area (Å²) in [6.07, 6.45) is 3.73. The summed E-state index contributed by atoms with van der Waals surface area (Å²) in [6.45, 7) is 10.3. The average Bonchev–Trinajstić information content (AvgIpc) is 3.17. The Morgan fingerprint density at radius 2 is 1.79 bits per heavy atom. The van der Waals surface area contributed by atoms with Gasteiger partial charge in [-0.15, -0.1) is 0 Å². The third kappa shape index (κ3) is 11.6. The van der Waals surface area contributed by atoms with E-state index in [0.717, 1.165) is 51.2 Å². The van der Waals surface area contributed by atoms with E-state index in [1.54, 1.807) is 20.9 Å². The number of likely N-dealkylation sites (N-methyl/N-ethyl adjacent to an activating group) is 1. The van der Waals surface area contributed by atoms with Crippen LogP contribution in [0, 0.1) is 0 Å². The maximum atomic E-state index is 12.1. The second-order valence-corrected chi connectivity index (χ2v) is 6.56. The van der Waals surface area contributed by atoms with Crippen LogP contribution in [0.2, 0.25) is 0 Å². The number of carbonyl (C=O) groups is 1. The molecular weight excluding hydrogens is 381 g/mol. The number of likely N-dealkylation sites (tertiary alicyclic amines) is 1. The number of halogens is 3. The molecule has 0 bridgehead atoms. The molecule has 0 aliphatic carbocycles. The van der Waals surface area contributed by atoms with Crippen LogP contribution >= 0.6 is 0 Å². The number of hydrogen-bond donors (Lipinski definition) is 1. The van der Waals surface area contributed by atoms with Gasteiger partial charge in [0.2, 0.25) is 0 Å². The van der Waals surface area contributed by atoms with Crippen LogP contribution in [0.1, 0.15) is 60.8 Å². The van der Waals surface area contributed by atoms with E-state index in [0.29, 0.717) is 11.8 Å². The number of ether oxygens (including phenoxy) is 1. The molecule has 2 aliphatic rings. The van der Waals surface area contributed by atoms with Gasteiger partial charge in [0.05, 0.1) is 11.6 Å². The number of alkyl halides is 3. The van der Waals surface area contributed by atoms with Crippen LogP contribution in [0.15, 0.2) is 23.8 Å². The zero-order chi connectivity index (χ0) is 21.6. The second-order valence-electron chi connectivity index (χ2n) is 6.56. The van der Waals surface area contributed by atoms with Crippen molar-refractivity contribution in [1.82, 2.24) is 10.2 Å². The summed E-state index contributed by atoms with van der Waals surface area (Å²) in [5.41, 5.74) is -0.612. The fourth-order valence-electron chi connectivity index (χ4n) is 3.35. The Kier molecular flexibility index (Phi) is 17.2. The monoisotopic (exact) mass is 422 g/mol. The number of ketones is 1. The Labute approximate surface area is 175 Å². The minimum absolute atomic E-state index is 0. The summed E-state index contributed by atoms with van der Waals surface area (Å²) >= 11 is 0. The van der Waals surface area contributed by atoms with Gasteiger partial charge in [0.1, 0.15) is 5.78 Å². The lowest BCUT2D eigenvalue weighted by Crippen LogP contribution is -2.45. The van der Waals surface area contributed by atoms with E-state index in [9.17, 15) is 18.0 Å². The smallest absolute Gasteiger partial charge is 0.381 e. The molecule has 0 aromatic carbocycles. The molecule has 0 unspecified atom stereocenters. The van der Waals surface area contributed by atoms with Crippen molar-refractivity contribution in [2.45, 2.75) is 79.1 Å². The zero-order valence-electron chi connectivity index (χ0n) is 17.9. The molecular formula is C22H41F3N2O2. The molecule has 7 heteroatoms. The van der Waals surface area contributed by atoms with Crippen molar-refractivity contribution in [3.8, 4) is 0 Å². The predicted octanol–water partition coefficient (Wildman–Crippen LogP) is 5.15. The number of rotatable bonds is 5. The highest BCUT2D eigenvalue weighted by molar-refractivity contribution is 5.81. The molecule has 1 atom stereocenters.